The van der Waals surface area contributed by atoms with Gasteiger partial charge in [-0.2, -0.15) is 0 Å². The number of carbonyl (C=O) groups excluding carboxylic acids is 1. The summed E-state index contributed by atoms with van der Waals surface area (Å²) in [7, 11) is 0. The Hall–Kier alpha value is -2.74. The van der Waals surface area contributed by atoms with Gasteiger partial charge in [0.2, 0.25) is 5.91 Å². The van der Waals surface area contributed by atoms with E-state index in [2.05, 4.69) is 20.8 Å². The Bertz CT molecular complexity index is 1290. The van der Waals surface area contributed by atoms with Gasteiger partial charge in [-0.3, -0.25) is 4.79 Å². The van der Waals surface area contributed by atoms with Crippen LogP contribution in [0.15, 0.2) is 65.8 Å². The van der Waals surface area contributed by atoms with Crippen LogP contribution in [-0.2, 0) is 17.9 Å². The Morgan fingerprint density at radius 1 is 1.06 bits per heavy atom. The zero-order valence-electron chi connectivity index (χ0n) is 18.2. The van der Waals surface area contributed by atoms with Crippen molar-refractivity contribution in [3.63, 3.8) is 0 Å². The molecule has 0 spiro atoms. The van der Waals surface area contributed by atoms with E-state index in [1.54, 1.807) is 18.2 Å². The van der Waals surface area contributed by atoms with E-state index in [9.17, 15) is 4.79 Å². The van der Waals surface area contributed by atoms with Gasteiger partial charge in [0.05, 0.1) is 22.5 Å². The second-order valence-corrected chi connectivity index (χ2v) is 9.55. The van der Waals surface area contributed by atoms with E-state index in [4.69, 9.17) is 23.2 Å². The summed E-state index contributed by atoms with van der Waals surface area (Å²) in [5.74, 6) is 0.657. The van der Waals surface area contributed by atoms with Crippen molar-refractivity contribution >= 4 is 63.0 Å². The van der Waals surface area contributed by atoms with Crippen LogP contribution in [0.25, 0.3) is 10.8 Å². The number of halogens is 2. The number of thioether (sulfide) groups is 1. The predicted molar refractivity (Wildman–Crippen MR) is 137 cm³/mol. The molecule has 0 fully saturated rings. The molecule has 1 atom stereocenters. The number of amides is 1. The van der Waals surface area contributed by atoms with Gasteiger partial charge in [0.1, 0.15) is 0 Å². The van der Waals surface area contributed by atoms with Gasteiger partial charge in [-0.25, -0.2) is 0 Å². The molecule has 6 nitrogen and oxygen atoms in total. The average Bonchev–Trinajstić information content (AvgIpc) is 3.21. The first-order valence-corrected chi connectivity index (χ1v) is 12.2. The highest BCUT2D eigenvalue weighted by molar-refractivity contribution is 8.00. The van der Waals surface area contributed by atoms with E-state index in [1.165, 1.54) is 11.8 Å². The molecule has 4 aromatic rings. The highest BCUT2D eigenvalue weighted by Crippen LogP contribution is 2.28. The van der Waals surface area contributed by atoms with Gasteiger partial charge in [0, 0.05) is 22.6 Å². The second-order valence-electron chi connectivity index (χ2n) is 7.40. The lowest BCUT2D eigenvalue weighted by Gasteiger charge is -2.14. The highest BCUT2D eigenvalue weighted by atomic mass is 35.5. The molecule has 1 heterocycles. The van der Waals surface area contributed by atoms with E-state index in [0.717, 1.165) is 28.0 Å². The minimum atomic E-state index is -0.360. The number of hydrogen-bond acceptors (Lipinski definition) is 5. The fourth-order valence-corrected chi connectivity index (χ4v) is 4.73. The van der Waals surface area contributed by atoms with Crippen molar-refractivity contribution in [3.8, 4) is 0 Å². The zero-order chi connectivity index (χ0) is 23.4. The van der Waals surface area contributed by atoms with Gasteiger partial charge in [-0.1, -0.05) is 71.4 Å². The first-order chi connectivity index (χ1) is 16.0. The smallest absolute Gasteiger partial charge is 0.237 e. The molecule has 4 rings (SSSR count). The number of rotatable bonds is 8. The lowest BCUT2D eigenvalue weighted by molar-refractivity contribution is -0.115. The highest BCUT2D eigenvalue weighted by Gasteiger charge is 2.20. The van der Waals surface area contributed by atoms with Crippen LogP contribution in [0.4, 0.5) is 11.4 Å². The van der Waals surface area contributed by atoms with Crippen LogP contribution in [0.1, 0.15) is 19.7 Å². The van der Waals surface area contributed by atoms with E-state index >= 15 is 0 Å². The molecule has 0 radical (unpaired) electrons. The van der Waals surface area contributed by atoms with Crippen LogP contribution in [0, 0.1) is 0 Å². The number of nitrogens with zero attached hydrogens (tertiary/aromatic N) is 3. The standard InChI is InChI=1S/C24H23Cl2N5OS/c1-3-31-22(14-27-21-13-17(25)11-12-19(21)26)29-30-24(31)33-15(2)23(32)28-20-10-6-8-16-7-4-5-9-18(16)20/h4-13,15,27H,3,14H2,1-2H3,(H,28,32). The molecule has 33 heavy (non-hydrogen) atoms. The maximum atomic E-state index is 12.9. The maximum Gasteiger partial charge on any atom is 0.237 e. The van der Waals surface area contributed by atoms with Crippen LogP contribution in [-0.4, -0.2) is 25.9 Å². The van der Waals surface area contributed by atoms with Gasteiger partial charge < -0.3 is 15.2 Å². The van der Waals surface area contributed by atoms with Crippen LogP contribution >= 0.6 is 35.0 Å². The molecule has 3 aromatic carbocycles. The van der Waals surface area contributed by atoms with Crippen molar-refractivity contribution in [3.05, 3.63) is 76.5 Å². The Morgan fingerprint density at radius 3 is 2.67 bits per heavy atom. The quantitative estimate of drug-likeness (QED) is 0.271. The van der Waals surface area contributed by atoms with Gasteiger partial charge in [-0.15, -0.1) is 10.2 Å². The van der Waals surface area contributed by atoms with Crippen molar-refractivity contribution in [1.82, 2.24) is 14.8 Å². The van der Waals surface area contributed by atoms with Crippen LogP contribution in [0.5, 0.6) is 0 Å². The number of hydrogen-bond donors (Lipinski definition) is 2. The second kappa shape index (κ2) is 10.5. The van der Waals surface area contributed by atoms with E-state index in [1.807, 2.05) is 60.9 Å². The molecule has 170 valence electrons. The fraction of sp³-hybridized carbons (Fsp3) is 0.208. The third-order valence-electron chi connectivity index (χ3n) is 5.17. The van der Waals surface area contributed by atoms with Crippen LogP contribution in [0.3, 0.4) is 0 Å². The molecule has 0 aliphatic heterocycles. The summed E-state index contributed by atoms with van der Waals surface area (Å²) in [5, 5.41) is 18.5. The topological polar surface area (TPSA) is 71.8 Å². The molecule has 1 unspecified atom stereocenters. The number of benzene rings is 3. The largest absolute Gasteiger partial charge is 0.376 e. The molecular formula is C24H23Cl2N5OS. The summed E-state index contributed by atoms with van der Waals surface area (Å²) in [4.78, 5) is 12.9. The molecule has 0 saturated carbocycles. The van der Waals surface area contributed by atoms with Crippen molar-refractivity contribution in [2.24, 2.45) is 0 Å². The minimum absolute atomic E-state index is 0.0904. The predicted octanol–water partition coefficient (Wildman–Crippen LogP) is 6.49. The molecule has 2 N–H and O–H groups in total. The lowest BCUT2D eigenvalue weighted by Crippen LogP contribution is -2.23. The van der Waals surface area contributed by atoms with Gasteiger partial charge in [0.25, 0.3) is 0 Å². The van der Waals surface area contributed by atoms with Crippen LogP contribution < -0.4 is 10.6 Å². The van der Waals surface area contributed by atoms with Gasteiger partial charge in [-0.05, 0) is 43.5 Å². The van der Waals surface area contributed by atoms with Crippen molar-refractivity contribution < 1.29 is 4.79 Å². The van der Waals surface area contributed by atoms with Crippen molar-refractivity contribution in [1.29, 1.82) is 0 Å². The summed E-state index contributed by atoms with van der Waals surface area (Å²) in [6, 6.07) is 19.1. The van der Waals surface area contributed by atoms with E-state index in [0.29, 0.717) is 28.3 Å². The number of carbonyl (C=O) groups is 1. The Kier molecular flexibility index (Phi) is 7.42. The van der Waals surface area contributed by atoms with Crippen molar-refractivity contribution in [2.75, 3.05) is 10.6 Å². The summed E-state index contributed by atoms with van der Waals surface area (Å²) in [6.07, 6.45) is 0. The summed E-state index contributed by atoms with van der Waals surface area (Å²) < 4.78 is 1.98. The number of nitrogens with one attached hydrogen (secondary N) is 2. The van der Waals surface area contributed by atoms with Gasteiger partial charge in [0.15, 0.2) is 11.0 Å². The summed E-state index contributed by atoms with van der Waals surface area (Å²) in [5.41, 5.74) is 1.53. The summed E-state index contributed by atoms with van der Waals surface area (Å²) >= 11 is 13.7. The molecule has 1 amide bonds. The molecule has 0 aliphatic carbocycles. The summed E-state index contributed by atoms with van der Waals surface area (Å²) in [6.45, 7) is 4.99. The SMILES string of the molecule is CCn1c(CNc2cc(Cl)ccc2Cl)nnc1SC(C)C(=O)Nc1cccc2ccccc12. The zero-order valence-corrected chi connectivity index (χ0v) is 20.5. The molecule has 1 aromatic heterocycles. The number of anilines is 2. The monoisotopic (exact) mass is 499 g/mol. The fourth-order valence-electron chi connectivity index (χ4n) is 3.44. The maximum absolute atomic E-state index is 12.9. The van der Waals surface area contributed by atoms with E-state index < -0.39 is 0 Å². The Labute approximate surface area is 206 Å². The normalized spacial score (nSPS) is 12.0. The van der Waals surface area contributed by atoms with Crippen LogP contribution in [0.2, 0.25) is 10.0 Å². The first kappa shape index (κ1) is 23.4. The third kappa shape index (κ3) is 5.43. The average molecular weight is 500 g/mol. The minimum Gasteiger partial charge on any atom is -0.376 e. The first-order valence-electron chi connectivity index (χ1n) is 10.5. The molecule has 0 aliphatic rings. The Balaban J connectivity index is 1.44. The lowest BCUT2D eigenvalue weighted by atomic mass is 10.1. The molecular weight excluding hydrogens is 477 g/mol. The molecule has 0 bridgehead atoms. The Morgan fingerprint density at radius 2 is 1.85 bits per heavy atom. The van der Waals surface area contributed by atoms with Gasteiger partial charge >= 0.3 is 0 Å². The number of aromatic nitrogens is 3. The number of fused-ring (bicyclic) bond motifs is 1. The van der Waals surface area contributed by atoms with Crippen molar-refractivity contribution in [2.45, 2.75) is 37.3 Å². The molecule has 0 saturated heterocycles. The third-order valence-corrected chi connectivity index (χ3v) is 6.82. The van der Waals surface area contributed by atoms with E-state index in [-0.39, 0.29) is 11.2 Å². The molecule has 9 heteroatoms.